The standard InChI is InChI=1S/C16H14O2/c17-14-6-3-4-11(9-14)8-13-10-12-5-1-2-7-15(12)16(13)18/h1-7,9,13,17H,8,10H2. The molecule has 1 N–H and O–H groups in total. The molecule has 1 atom stereocenters. The van der Waals surface area contributed by atoms with Gasteiger partial charge >= 0.3 is 0 Å². The number of Topliss-reactive ketones (excluding diaryl/α,β-unsaturated/α-hetero) is 1. The van der Waals surface area contributed by atoms with Crippen molar-refractivity contribution in [2.24, 2.45) is 5.92 Å². The Labute approximate surface area is 106 Å². The number of benzene rings is 2. The molecule has 2 aromatic rings. The fourth-order valence-electron chi connectivity index (χ4n) is 2.65. The van der Waals surface area contributed by atoms with Gasteiger partial charge in [-0.2, -0.15) is 0 Å². The van der Waals surface area contributed by atoms with Crippen molar-refractivity contribution in [1.29, 1.82) is 0 Å². The monoisotopic (exact) mass is 238 g/mol. The van der Waals surface area contributed by atoms with Gasteiger partial charge in [0.25, 0.3) is 0 Å². The van der Waals surface area contributed by atoms with E-state index >= 15 is 0 Å². The zero-order valence-electron chi connectivity index (χ0n) is 9.97. The van der Waals surface area contributed by atoms with Crippen molar-refractivity contribution in [2.75, 3.05) is 0 Å². The van der Waals surface area contributed by atoms with Crippen LogP contribution in [-0.4, -0.2) is 10.9 Å². The van der Waals surface area contributed by atoms with Crippen LogP contribution in [0.25, 0.3) is 0 Å². The number of carbonyl (C=O) groups excluding carboxylic acids is 1. The van der Waals surface area contributed by atoms with Crippen LogP contribution in [0.2, 0.25) is 0 Å². The van der Waals surface area contributed by atoms with Gasteiger partial charge in [-0.3, -0.25) is 4.79 Å². The maximum absolute atomic E-state index is 12.2. The summed E-state index contributed by atoms with van der Waals surface area (Å²) in [5.41, 5.74) is 3.02. The largest absolute Gasteiger partial charge is 0.508 e. The Morgan fingerprint density at radius 3 is 2.72 bits per heavy atom. The van der Waals surface area contributed by atoms with Crippen molar-refractivity contribution >= 4 is 5.78 Å². The molecule has 0 radical (unpaired) electrons. The van der Waals surface area contributed by atoms with E-state index in [2.05, 4.69) is 0 Å². The first-order valence-corrected chi connectivity index (χ1v) is 6.14. The number of aromatic hydroxyl groups is 1. The van der Waals surface area contributed by atoms with E-state index in [0.29, 0.717) is 6.42 Å². The van der Waals surface area contributed by atoms with Gasteiger partial charge < -0.3 is 5.11 Å². The Morgan fingerprint density at radius 2 is 1.94 bits per heavy atom. The van der Waals surface area contributed by atoms with E-state index in [1.165, 1.54) is 0 Å². The molecule has 0 saturated heterocycles. The molecule has 0 aromatic heterocycles. The lowest BCUT2D eigenvalue weighted by Crippen LogP contribution is -2.12. The SMILES string of the molecule is O=C1c2ccccc2CC1Cc1cccc(O)c1. The summed E-state index contributed by atoms with van der Waals surface area (Å²) in [6, 6.07) is 15.0. The lowest BCUT2D eigenvalue weighted by Gasteiger charge is -2.08. The minimum Gasteiger partial charge on any atom is -0.508 e. The van der Waals surface area contributed by atoms with Gasteiger partial charge in [0.1, 0.15) is 5.75 Å². The van der Waals surface area contributed by atoms with E-state index in [0.717, 1.165) is 23.1 Å². The van der Waals surface area contributed by atoms with Crippen LogP contribution >= 0.6 is 0 Å². The summed E-state index contributed by atoms with van der Waals surface area (Å²) < 4.78 is 0. The molecule has 0 saturated carbocycles. The predicted octanol–water partition coefficient (Wildman–Crippen LogP) is 2.99. The first kappa shape index (κ1) is 11.0. The first-order valence-electron chi connectivity index (χ1n) is 6.14. The molecule has 1 unspecified atom stereocenters. The smallest absolute Gasteiger partial charge is 0.166 e. The molecule has 2 heteroatoms. The van der Waals surface area contributed by atoms with Crippen LogP contribution in [0.4, 0.5) is 0 Å². The molecule has 1 aliphatic rings. The van der Waals surface area contributed by atoms with Crippen molar-refractivity contribution in [1.82, 2.24) is 0 Å². The lowest BCUT2D eigenvalue weighted by molar-refractivity contribution is 0.0936. The van der Waals surface area contributed by atoms with E-state index in [-0.39, 0.29) is 17.5 Å². The second-order valence-corrected chi connectivity index (χ2v) is 4.80. The minimum absolute atomic E-state index is 0.0178. The highest BCUT2D eigenvalue weighted by Gasteiger charge is 2.29. The highest BCUT2D eigenvalue weighted by Crippen LogP contribution is 2.29. The number of hydrogen-bond donors (Lipinski definition) is 1. The van der Waals surface area contributed by atoms with E-state index in [1.807, 2.05) is 36.4 Å². The molecule has 0 bridgehead atoms. The third kappa shape index (κ3) is 1.90. The predicted molar refractivity (Wildman–Crippen MR) is 69.8 cm³/mol. The van der Waals surface area contributed by atoms with E-state index in [9.17, 15) is 9.90 Å². The zero-order chi connectivity index (χ0) is 12.5. The summed E-state index contributed by atoms with van der Waals surface area (Å²) in [6.45, 7) is 0. The van der Waals surface area contributed by atoms with Gasteiger partial charge in [0.15, 0.2) is 5.78 Å². The van der Waals surface area contributed by atoms with Crippen molar-refractivity contribution in [3.63, 3.8) is 0 Å². The Hall–Kier alpha value is -2.09. The Bertz CT molecular complexity index is 602. The number of rotatable bonds is 2. The van der Waals surface area contributed by atoms with E-state index in [4.69, 9.17) is 0 Å². The molecule has 0 amide bonds. The number of phenolic OH excluding ortho intramolecular Hbond substituents is 1. The highest BCUT2D eigenvalue weighted by molar-refractivity contribution is 6.02. The van der Waals surface area contributed by atoms with Crippen molar-refractivity contribution in [3.05, 3.63) is 65.2 Å². The molecule has 90 valence electrons. The Morgan fingerprint density at radius 1 is 1.11 bits per heavy atom. The molecule has 18 heavy (non-hydrogen) atoms. The number of carbonyl (C=O) groups is 1. The third-order valence-electron chi connectivity index (χ3n) is 3.51. The van der Waals surface area contributed by atoms with Gasteiger partial charge in [-0.05, 0) is 36.1 Å². The van der Waals surface area contributed by atoms with E-state index < -0.39 is 0 Å². The van der Waals surface area contributed by atoms with Gasteiger partial charge in [0.05, 0.1) is 0 Å². The lowest BCUT2D eigenvalue weighted by atomic mass is 9.96. The second-order valence-electron chi connectivity index (χ2n) is 4.80. The fourth-order valence-corrected chi connectivity index (χ4v) is 2.65. The van der Waals surface area contributed by atoms with Gasteiger partial charge in [-0.25, -0.2) is 0 Å². The molecule has 0 fully saturated rings. The van der Waals surface area contributed by atoms with Crippen molar-refractivity contribution < 1.29 is 9.90 Å². The van der Waals surface area contributed by atoms with Crippen LogP contribution in [0.5, 0.6) is 5.75 Å². The molecule has 2 aromatic carbocycles. The third-order valence-corrected chi connectivity index (χ3v) is 3.51. The normalized spacial score (nSPS) is 17.8. The molecule has 0 aliphatic heterocycles. The van der Waals surface area contributed by atoms with Crippen LogP contribution in [-0.2, 0) is 12.8 Å². The Balaban J connectivity index is 1.83. The van der Waals surface area contributed by atoms with Gasteiger partial charge in [0.2, 0.25) is 0 Å². The maximum Gasteiger partial charge on any atom is 0.166 e. The van der Waals surface area contributed by atoms with Gasteiger partial charge in [-0.1, -0.05) is 36.4 Å². The summed E-state index contributed by atoms with van der Waals surface area (Å²) in [6.07, 6.45) is 1.51. The number of fused-ring (bicyclic) bond motifs is 1. The fraction of sp³-hybridized carbons (Fsp3) is 0.188. The van der Waals surface area contributed by atoms with E-state index in [1.54, 1.807) is 12.1 Å². The average molecular weight is 238 g/mol. The molecule has 0 heterocycles. The van der Waals surface area contributed by atoms with Crippen LogP contribution in [0.1, 0.15) is 21.5 Å². The number of hydrogen-bond acceptors (Lipinski definition) is 2. The van der Waals surface area contributed by atoms with Crippen molar-refractivity contribution in [3.8, 4) is 5.75 Å². The molecule has 1 aliphatic carbocycles. The maximum atomic E-state index is 12.2. The van der Waals surface area contributed by atoms with Crippen LogP contribution in [0.3, 0.4) is 0 Å². The topological polar surface area (TPSA) is 37.3 Å². The quantitative estimate of drug-likeness (QED) is 0.873. The molecular formula is C16H14O2. The zero-order valence-corrected chi connectivity index (χ0v) is 9.97. The summed E-state index contributed by atoms with van der Waals surface area (Å²) >= 11 is 0. The van der Waals surface area contributed by atoms with Gasteiger partial charge in [0, 0.05) is 11.5 Å². The number of ketones is 1. The first-order chi connectivity index (χ1) is 8.74. The van der Waals surface area contributed by atoms with Crippen LogP contribution < -0.4 is 0 Å². The molecule has 3 rings (SSSR count). The summed E-state index contributed by atoms with van der Waals surface area (Å²) in [5.74, 6) is 0.508. The summed E-state index contributed by atoms with van der Waals surface area (Å²) in [5, 5.41) is 9.44. The average Bonchev–Trinajstić information content (AvgIpc) is 2.67. The minimum atomic E-state index is 0.0178. The molecule has 2 nitrogen and oxygen atoms in total. The number of phenols is 1. The molecule has 0 spiro atoms. The van der Waals surface area contributed by atoms with Crippen LogP contribution in [0.15, 0.2) is 48.5 Å². The highest BCUT2D eigenvalue weighted by atomic mass is 16.3. The van der Waals surface area contributed by atoms with Crippen molar-refractivity contribution in [2.45, 2.75) is 12.8 Å². The summed E-state index contributed by atoms with van der Waals surface area (Å²) in [7, 11) is 0. The second kappa shape index (κ2) is 4.30. The van der Waals surface area contributed by atoms with Crippen LogP contribution in [0, 0.1) is 5.92 Å². The van der Waals surface area contributed by atoms with Gasteiger partial charge in [-0.15, -0.1) is 0 Å². The molecular weight excluding hydrogens is 224 g/mol. The Kier molecular flexibility index (Phi) is 2.63. The summed E-state index contributed by atoms with van der Waals surface area (Å²) in [4.78, 5) is 12.2.